The second-order valence-electron chi connectivity index (χ2n) is 3.70. The van der Waals surface area contributed by atoms with Crippen molar-refractivity contribution in [2.24, 2.45) is 0 Å². The number of anilines is 2. The Balaban J connectivity index is 2.43. The van der Waals surface area contributed by atoms with Crippen LogP contribution in [-0.2, 0) is 4.74 Å². The van der Waals surface area contributed by atoms with Crippen molar-refractivity contribution >= 4 is 40.0 Å². The maximum atomic E-state index is 11.9. The zero-order chi connectivity index (χ0) is 15.9. The maximum Gasteiger partial charge on any atom is 0.441 e. The van der Waals surface area contributed by atoms with Crippen LogP contribution in [0.4, 0.5) is 24.1 Å². The van der Waals surface area contributed by atoms with E-state index in [0.29, 0.717) is 18.3 Å². The summed E-state index contributed by atoms with van der Waals surface area (Å²) in [6.45, 7) is 0.870. The smallest absolute Gasteiger partial charge is 0.383 e. The molecule has 0 saturated carbocycles. The molecule has 0 atom stereocenters. The van der Waals surface area contributed by atoms with E-state index >= 15 is 0 Å². The summed E-state index contributed by atoms with van der Waals surface area (Å²) in [6, 6.07) is 0. The molecule has 1 aromatic rings. The van der Waals surface area contributed by atoms with Crippen molar-refractivity contribution in [3.8, 4) is 0 Å². The molecule has 120 valence electrons. The van der Waals surface area contributed by atoms with Crippen LogP contribution in [0.1, 0.15) is 9.67 Å². The minimum absolute atomic E-state index is 0.0425. The number of carbonyl (C=O) groups is 1. The van der Waals surface area contributed by atoms with Crippen LogP contribution >= 0.6 is 23.1 Å². The fraction of sp³-hybridized carbons (Fsp3) is 0.600. The Hall–Kier alpha value is -1.20. The second-order valence-corrected chi connectivity index (χ2v) is 5.86. The van der Waals surface area contributed by atoms with Crippen molar-refractivity contribution in [2.75, 3.05) is 43.6 Å². The molecule has 0 spiro atoms. The molecular weight excluding hydrogens is 329 g/mol. The van der Waals surface area contributed by atoms with Crippen LogP contribution in [0, 0.1) is 0 Å². The molecular formula is C10H15F3N4O2S2. The largest absolute Gasteiger partial charge is 0.441 e. The number of methoxy groups -OCH3 is 1. The summed E-state index contributed by atoms with van der Waals surface area (Å²) in [4.78, 5) is 15.9. The molecule has 1 rings (SSSR count). The highest BCUT2D eigenvalue weighted by atomic mass is 32.2. The molecule has 6 nitrogen and oxygen atoms in total. The molecule has 0 unspecified atom stereocenters. The Kier molecular flexibility index (Phi) is 7.05. The number of rotatable bonds is 8. The highest BCUT2D eigenvalue weighted by Gasteiger charge is 2.27. The lowest BCUT2D eigenvalue weighted by Gasteiger charge is -2.06. The number of halogens is 3. The third-order valence-corrected chi connectivity index (χ3v) is 3.86. The number of thioether (sulfide) groups is 1. The maximum absolute atomic E-state index is 11.9. The monoisotopic (exact) mass is 344 g/mol. The molecule has 1 aromatic heterocycles. The third kappa shape index (κ3) is 6.87. The van der Waals surface area contributed by atoms with Crippen LogP contribution in [0.3, 0.4) is 0 Å². The zero-order valence-electron chi connectivity index (χ0n) is 11.1. The van der Waals surface area contributed by atoms with E-state index in [4.69, 9.17) is 10.5 Å². The molecule has 0 aliphatic rings. The van der Waals surface area contributed by atoms with Gasteiger partial charge in [-0.3, -0.25) is 4.79 Å². The molecule has 0 saturated heterocycles. The number of ether oxygens (including phenoxy) is 1. The molecule has 0 radical (unpaired) electrons. The number of thiazole rings is 1. The van der Waals surface area contributed by atoms with Crippen LogP contribution in [0.15, 0.2) is 0 Å². The average Bonchev–Trinajstić information content (AvgIpc) is 2.75. The van der Waals surface area contributed by atoms with Crippen molar-refractivity contribution in [1.82, 2.24) is 10.3 Å². The molecule has 0 bridgehead atoms. The van der Waals surface area contributed by atoms with E-state index in [9.17, 15) is 18.0 Å². The first kappa shape index (κ1) is 17.9. The van der Waals surface area contributed by atoms with Gasteiger partial charge in [0.05, 0.1) is 6.61 Å². The van der Waals surface area contributed by atoms with Crippen molar-refractivity contribution in [1.29, 1.82) is 0 Å². The Morgan fingerprint density at radius 3 is 2.81 bits per heavy atom. The molecule has 11 heteroatoms. The number of nitrogens with zero attached hydrogens (tertiary/aromatic N) is 1. The van der Waals surface area contributed by atoms with E-state index in [-0.39, 0.29) is 34.8 Å². The van der Waals surface area contributed by atoms with Gasteiger partial charge < -0.3 is 21.1 Å². The number of hydrogen-bond donors (Lipinski definition) is 3. The fourth-order valence-corrected chi connectivity index (χ4v) is 2.50. The predicted molar refractivity (Wildman–Crippen MR) is 77.7 cm³/mol. The fourth-order valence-electron chi connectivity index (χ4n) is 1.24. The van der Waals surface area contributed by atoms with E-state index in [2.05, 4.69) is 15.6 Å². The summed E-state index contributed by atoms with van der Waals surface area (Å²) in [5, 5.41) is 5.75. The van der Waals surface area contributed by atoms with Gasteiger partial charge in [0.2, 0.25) is 0 Å². The van der Waals surface area contributed by atoms with E-state index in [1.54, 1.807) is 7.11 Å². The molecule has 1 amide bonds. The Morgan fingerprint density at radius 1 is 1.48 bits per heavy atom. The standard InChI is InChI=1S/C10H15F3N4O2S2/c1-19-4-2-16-9-17-7(14)6(21-9)8(18)15-3-5-20-10(11,12)13/h2-5,14H2,1H3,(H,15,18)(H,16,17). The lowest BCUT2D eigenvalue weighted by Crippen LogP contribution is -2.26. The van der Waals surface area contributed by atoms with Crippen molar-refractivity contribution in [3.05, 3.63) is 4.88 Å². The van der Waals surface area contributed by atoms with E-state index in [1.165, 1.54) is 0 Å². The normalized spacial score (nSPS) is 11.4. The number of amides is 1. The van der Waals surface area contributed by atoms with Crippen LogP contribution in [0.5, 0.6) is 0 Å². The number of nitrogen functional groups attached to an aromatic ring is 1. The van der Waals surface area contributed by atoms with Crippen molar-refractivity contribution in [3.63, 3.8) is 0 Å². The highest BCUT2D eigenvalue weighted by Crippen LogP contribution is 2.29. The van der Waals surface area contributed by atoms with Gasteiger partial charge in [-0.1, -0.05) is 11.3 Å². The van der Waals surface area contributed by atoms with Crippen LogP contribution < -0.4 is 16.4 Å². The molecule has 4 N–H and O–H groups in total. The SMILES string of the molecule is COCCNc1nc(N)c(C(=O)NCCSC(F)(F)F)s1. The molecule has 0 aliphatic carbocycles. The van der Waals surface area contributed by atoms with Crippen LogP contribution in [0.2, 0.25) is 0 Å². The van der Waals surface area contributed by atoms with Gasteiger partial charge >= 0.3 is 5.51 Å². The second kappa shape index (κ2) is 8.29. The van der Waals surface area contributed by atoms with Gasteiger partial charge in [0.25, 0.3) is 5.91 Å². The van der Waals surface area contributed by atoms with Crippen molar-refractivity contribution < 1.29 is 22.7 Å². The topological polar surface area (TPSA) is 89.3 Å². The summed E-state index contributed by atoms with van der Waals surface area (Å²) in [6.07, 6.45) is 0. The van der Waals surface area contributed by atoms with E-state index in [1.807, 2.05) is 0 Å². The van der Waals surface area contributed by atoms with E-state index < -0.39 is 11.4 Å². The van der Waals surface area contributed by atoms with Crippen LogP contribution in [-0.4, -0.2) is 49.0 Å². The Bertz CT molecular complexity index is 468. The molecule has 0 aromatic carbocycles. The molecule has 0 aliphatic heterocycles. The van der Waals surface area contributed by atoms with Gasteiger partial charge in [0.15, 0.2) is 5.13 Å². The first-order valence-electron chi connectivity index (χ1n) is 5.81. The summed E-state index contributed by atoms with van der Waals surface area (Å²) in [5.41, 5.74) is 1.30. The lowest BCUT2D eigenvalue weighted by atomic mass is 10.4. The number of nitrogens with one attached hydrogen (secondary N) is 2. The summed E-state index contributed by atoms with van der Waals surface area (Å²) in [7, 11) is 1.55. The zero-order valence-corrected chi connectivity index (χ0v) is 12.8. The Labute approximate surface area is 127 Å². The van der Waals surface area contributed by atoms with Gasteiger partial charge in [-0.15, -0.1) is 0 Å². The predicted octanol–water partition coefficient (Wildman–Crippen LogP) is 1.77. The lowest BCUT2D eigenvalue weighted by molar-refractivity contribution is -0.0327. The number of hydrogen-bond acceptors (Lipinski definition) is 7. The van der Waals surface area contributed by atoms with Gasteiger partial charge in [0.1, 0.15) is 10.7 Å². The molecule has 21 heavy (non-hydrogen) atoms. The van der Waals surface area contributed by atoms with Gasteiger partial charge in [-0.2, -0.15) is 13.2 Å². The van der Waals surface area contributed by atoms with E-state index in [0.717, 1.165) is 11.3 Å². The van der Waals surface area contributed by atoms with Gasteiger partial charge in [-0.05, 0) is 11.8 Å². The van der Waals surface area contributed by atoms with Crippen LogP contribution in [0.25, 0.3) is 0 Å². The Morgan fingerprint density at radius 2 is 2.19 bits per heavy atom. The quantitative estimate of drug-likeness (QED) is 0.623. The average molecular weight is 344 g/mol. The third-order valence-electron chi connectivity index (χ3n) is 2.10. The summed E-state index contributed by atoms with van der Waals surface area (Å²) >= 11 is 0.847. The minimum atomic E-state index is -4.30. The molecule has 0 fully saturated rings. The summed E-state index contributed by atoms with van der Waals surface area (Å²) < 4.78 is 40.6. The van der Waals surface area contributed by atoms with Crippen molar-refractivity contribution in [2.45, 2.75) is 5.51 Å². The van der Waals surface area contributed by atoms with Gasteiger partial charge in [0, 0.05) is 26.0 Å². The number of nitrogens with two attached hydrogens (primary N) is 1. The number of carbonyl (C=O) groups excluding carboxylic acids is 1. The highest BCUT2D eigenvalue weighted by molar-refractivity contribution is 8.00. The summed E-state index contributed by atoms with van der Waals surface area (Å²) in [5.74, 6) is -0.749. The first-order chi connectivity index (χ1) is 9.83. The molecule has 1 heterocycles. The first-order valence-corrected chi connectivity index (χ1v) is 7.61. The van der Waals surface area contributed by atoms with Gasteiger partial charge in [-0.25, -0.2) is 4.98 Å². The number of alkyl halides is 3. The number of aromatic nitrogens is 1. The minimum Gasteiger partial charge on any atom is -0.383 e.